The van der Waals surface area contributed by atoms with Crippen LogP contribution in [0.25, 0.3) is 0 Å². The highest BCUT2D eigenvalue weighted by atomic mass is 32.1. The van der Waals surface area contributed by atoms with E-state index in [1.54, 1.807) is 0 Å². The number of anilines is 1. The summed E-state index contributed by atoms with van der Waals surface area (Å²) in [5.41, 5.74) is 3.27. The third kappa shape index (κ3) is 5.80. The number of benzene rings is 2. The van der Waals surface area contributed by atoms with Gasteiger partial charge in [0.1, 0.15) is 0 Å². The van der Waals surface area contributed by atoms with Crippen molar-refractivity contribution in [3.05, 3.63) is 82.9 Å². The first-order chi connectivity index (χ1) is 17.2. The van der Waals surface area contributed by atoms with Crippen LogP contribution in [0.1, 0.15) is 48.5 Å². The van der Waals surface area contributed by atoms with E-state index in [9.17, 15) is 9.59 Å². The molecule has 0 unspecified atom stereocenters. The first-order valence-corrected chi connectivity index (χ1v) is 13.4. The minimum absolute atomic E-state index is 0.0669. The smallest absolute Gasteiger partial charge is 0.229 e. The van der Waals surface area contributed by atoms with Crippen LogP contribution in [0, 0.1) is 5.92 Å². The molecule has 1 saturated carbocycles. The first kappa shape index (κ1) is 23.7. The molecular weight excluding hydrogens is 456 g/mol. The summed E-state index contributed by atoms with van der Waals surface area (Å²) < 4.78 is 0. The number of hydrogen-bond acceptors (Lipinski definition) is 5. The summed E-state index contributed by atoms with van der Waals surface area (Å²) in [6, 6.07) is 21.3. The van der Waals surface area contributed by atoms with Gasteiger partial charge in [-0.2, -0.15) is 0 Å². The van der Waals surface area contributed by atoms with Crippen LogP contribution in [0.4, 0.5) is 5.13 Å². The predicted octanol–water partition coefficient (Wildman–Crippen LogP) is 4.75. The number of amides is 2. The largest absolute Gasteiger partial charge is 0.340 e. The third-order valence-corrected chi connectivity index (χ3v) is 7.91. The van der Waals surface area contributed by atoms with E-state index in [-0.39, 0.29) is 30.2 Å². The van der Waals surface area contributed by atoms with Crippen molar-refractivity contribution in [3.8, 4) is 0 Å². The van der Waals surface area contributed by atoms with Gasteiger partial charge in [0.25, 0.3) is 0 Å². The summed E-state index contributed by atoms with van der Waals surface area (Å²) in [6.07, 6.45) is 4.45. The molecule has 2 aliphatic rings. The zero-order valence-electron chi connectivity index (χ0n) is 19.9. The van der Waals surface area contributed by atoms with E-state index < -0.39 is 0 Å². The fraction of sp³-hybridized carbons (Fsp3) is 0.393. The maximum atomic E-state index is 13.0. The molecule has 7 heteroatoms. The van der Waals surface area contributed by atoms with Gasteiger partial charge < -0.3 is 10.2 Å². The Morgan fingerprint density at radius 1 is 0.914 bits per heavy atom. The molecule has 2 aromatic carbocycles. The Morgan fingerprint density at radius 3 is 2.11 bits per heavy atom. The predicted molar refractivity (Wildman–Crippen MR) is 139 cm³/mol. The second-order valence-electron chi connectivity index (χ2n) is 9.43. The summed E-state index contributed by atoms with van der Waals surface area (Å²) in [6.45, 7) is 3.04. The van der Waals surface area contributed by atoms with Gasteiger partial charge in [0.2, 0.25) is 11.8 Å². The molecule has 2 heterocycles. The van der Waals surface area contributed by atoms with Gasteiger partial charge in [-0.3, -0.25) is 14.5 Å². The van der Waals surface area contributed by atoms with Gasteiger partial charge in [0, 0.05) is 37.5 Å². The second-order valence-corrected chi connectivity index (χ2v) is 10.3. The summed E-state index contributed by atoms with van der Waals surface area (Å²) in [7, 11) is 0. The Morgan fingerprint density at radius 2 is 1.51 bits per heavy atom. The average molecular weight is 489 g/mol. The van der Waals surface area contributed by atoms with E-state index in [0.717, 1.165) is 44.5 Å². The summed E-state index contributed by atoms with van der Waals surface area (Å²) >= 11 is 1.40. The molecule has 1 aliphatic carbocycles. The average Bonchev–Trinajstić information content (AvgIpc) is 3.59. The van der Waals surface area contributed by atoms with Crippen LogP contribution in [0.5, 0.6) is 0 Å². The molecule has 1 N–H and O–H groups in total. The van der Waals surface area contributed by atoms with E-state index >= 15 is 0 Å². The number of thiazole rings is 1. The van der Waals surface area contributed by atoms with E-state index in [0.29, 0.717) is 18.2 Å². The number of rotatable bonds is 7. The zero-order valence-corrected chi connectivity index (χ0v) is 20.8. The molecule has 1 aromatic heterocycles. The monoisotopic (exact) mass is 488 g/mol. The fourth-order valence-electron chi connectivity index (χ4n) is 5.22. The van der Waals surface area contributed by atoms with E-state index in [1.165, 1.54) is 22.5 Å². The number of carbonyl (C=O) groups excluding carboxylic acids is 2. The number of aromatic nitrogens is 1. The molecule has 182 valence electrons. The molecule has 0 spiro atoms. The SMILES string of the molecule is O=C(Nc1nc(CC(=O)N2CCN(C(c3ccccc3)c3ccccc3)CC2)cs1)C1CCCC1. The number of nitrogens with zero attached hydrogens (tertiary/aromatic N) is 3. The quantitative estimate of drug-likeness (QED) is 0.521. The normalized spacial score (nSPS) is 17.1. The Hall–Kier alpha value is -3.03. The van der Waals surface area contributed by atoms with Crippen molar-refractivity contribution in [2.24, 2.45) is 5.92 Å². The van der Waals surface area contributed by atoms with Gasteiger partial charge in [0.05, 0.1) is 18.2 Å². The lowest BCUT2D eigenvalue weighted by molar-refractivity contribution is -0.132. The van der Waals surface area contributed by atoms with Crippen LogP contribution in [-0.4, -0.2) is 52.8 Å². The Labute approximate surface area is 211 Å². The van der Waals surface area contributed by atoms with Crippen molar-refractivity contribution in [1.82, 2.24) is 14.8 Å². The molecular formula is C28H32N4O2S. The third-order valence-electron chi connectivity index (χ3n) is 7.10. The maximum Gasteiger partial charge on any atom is 0.229 e. The highest BCUT2D eigenvalue weighted by Crippen LogP contribution is 2.30. The van der Waals surface area contributed by atoms with Crippen molar-refractivity contribution in [3.63, 3.8) is 0 Å². The van der Waals surface area contributed by atoms with Gasteiger partial charge in [-0.1, -0.05) is 73.5 Å². The van der Waals surface area contributed by atoms with Crippen LogP contribution in [0.2, 0.25) is 0 Å². The Kier molecular flexibility index (Phi) is 7.54. The molecule has 5 rings (SSSR count). The molecule has 1 saturated heterocycles. The molecule has 2 amide bonds. The number of hydrogen-bond donors (Lipinski definition) is 1. The molecule has 0 radical (unpaired) electrons. The van der Waals surface area contributed by atoms with E-state index in [4.69, 9.17) is 0 Å². The van der Waals surface area contributed by atoms with E-state index in [1.807, 2.05) is 22.4 Å². The highest BCUT2D eigenvalue weighted by molar-refractivity contribution is 7.13. The Bertz CT molecular complexity index is 1080. The highest BCUT2D eigenvalue weighted by Gasteiger charge is 2.28. The molecule has 1 aliphatic heterocycles. The van der Waals surface area contributed by atoms with Crippen LogP contribution in [0.15, 0.2) is 66.0 Å². The van der Waals surface area contributed by atoms with Crippen molar-refractivity contribution < 1.29 is 9.59 Å². The molecule has 0 bridgehead atoms. The van der Waals surface area contributed by atoms with Gasteiger partial charge in [-0.25, -0.2) is 4.98 Å². The topological polar surface area (TPSA) is 65.5 Å². The minimum atomic E-state index is 0.0669. The van der Waals surface area contributed by atoms with Crippen LogP contribution in [0.3, 0.4) is 0 Å². The molecule has 0 atom stereocenters. The molecule has 2 fully saturated rings. The molecule has 35 heavy (non-hydrogen) atoms. The number of carbonyl (C=O) groups is 2. The van der Waals surface area contributed by atoms with Gasteiger partial charge in [0.15, 0.2) is 5.13 Å². The van der Waals surface area contributed by atoms with Crippen LogP contribution < -0.4 is 5.32 Å². The zero-order chi connectivity index (χ0) is 24.0. The first-order valence-electron chi connectivity index (χ1n) is 12.5. The minimum Gasteiger partial charge on any atom is -0.340 e. The molecule has 3 aromatic rings. The summed E-state index contributed by atoms with van der Waals surface area (Å²) in [5.74, 6) is 0.271. The lowest BCUT2D eigenvalue weighted by Crippen LogP contribution is -2.50. The van der Waals surface area contributed by atoms with Crippen molar-refractivity contribution in [2.75, 3.05) is 31.5 Å². The standard InChI is InChI=1S/C28H32N4O2S/c33-25(19-24-20-35-28(29-24)30-27(34)23-13-7-8-14-23)31-15-17-32(18-16-31)26(21-9-3-1-4-10-21)22-11-5-2-6-12-22/h1-6,9-12,20,23,26H,7-8,13-19H2,(H,29,30,34). The fourth-order valence-corrected chi connectivity index (χ4v) is 5.94. The summed E-state index contributed by atoms with van der Waals surface area (Å²) in [4.78, 5) is 34.3. The lowest BCUT2D eigenvalue weighted by atomic mass is 9.96. The van der Waals surface area contributed by atoms with Crippen molar-refractivity contribution in [1.29, 1.82) is 0 Å². The second kappa shape index (κ2) is 11.1. The lowest BCUT2D eigenvalue weighted by Gasteiger charge is -2.39. The van der Waals surface area contributed by atoms with Crippen LogP contribution >= 0.6 is 11.3 Å². The number of nitrogens with one attached hydrogen (secondary N) is 1. The van der Waals surface area contributed by atoms with Gasteiger partial charge in [-0.05, 0) is 24.0 Å². The van der Waals surface area contributed by atoms with Gasteiger partial charge >= 0.3 is 0 Å². The molecule has 6 nitrogen and oxygen atoms in total. The Balaban J connectivity index is 1.17. The van der Waals surface area contributed by atoms with Crippen molar-refractivity contribution >= 4 is 28.3 Å². The summed E-state index contributed by atoms with van der Waals surface area (Å²) in [5, 5.41) is 5.43. The van der Waals surface area contributed by atoms with Crippen molar-refractivity contribution in [2.45, 2.75) is 38.1 Å². The number of piperazine rings is 1. The van der Waals surface area contributed by atoms with Gasteiger partial charge in [-0.15, -0.1) is 11.3 Å². The van der Waals surface area contributed by atoms with Crippen LogP contribution in [-0.2, 0) is 16.0 Å². The van der Waals surface area contributed by atoms with E-state index in [2.05, 4.69) is 63.7 Å². The maximum absolute atomic E-state index is 13.0.